The van der Waals surface area contributed by atoms with Crippen molar-refractivity contribution >= 4 is 17.1 Å². The first-order chi connectivity index (χ1) is 14.0. The minimum absolute atomic E-state index is 1.05. The molecule has 2 aromatic rings. The molecule has 0 bridgehead atoms. The molecule has 1 N–H and O–H groups in total. The lowest BCUT2D eigenvalue weighted by Gasteiger charge is -2.21. The number of nitrogens with zero attached hydrogens (tertiary/aromatic N) is 1. The van der Waals surface area contributed by atoms with Crippen LogP contribution in [-0.4, -0.2) is 5.71 Å². The van der Waals surface area contributed by atoms with Crippen LogP contribution < -0.4 is 5.32 Å². The smallest absolute Gasteiger partial charge is 0.0691 e. The lowest BCUT2D eigenvalue weighted by atomic mass is 9.97. The number of benzene rings is 2. The molecule has 0 heterocycles. The van der Waals surface area contributed by atoms with Crippen molar-refractivity contribution < 1.29 is 0 Å². The Morgan fingerprint density at radius 1 is 0.897 bits per heavy atom. The highest BCUT2D eigenvalue weighted by atomic mass is 14.9. The zero-order valence-corrected chi connectivity index (χ0v) is 18.9. The van der Waals surface area contributed by atoms with Crippen molar-refractivity contribution in [2.75, 3.05) is 5.32 Å². The van der Waals surface area contributed by atoms with Gasteiger partial charge in [0.05, 0.1) is 5.69 Å². The van der Waals surface area contributed by atoms with Crippen LogP contribution >= 0.6 is 0 Å². The molecule has 2 heteroatoms. The molecule has 3 rings (SSSR count). The molecule has 0 amide bonds. The van der Waals surface area contributed by atoms with Gasteiger partial charge in [0.15, 0.2) is 0 Å². The Morgan fingerprint density at radius 2 is 1.52 bits per heavy atom. The summed E-state index contributed by atoms with van der Waals surface area (Å²) in [5.74, 6) is 0. The molecule has 0 radical (unpaired) electrons. The van der Waals surface area contributed by atoms with Crippen LogP contribution in [0.15, 0.2) is 47.1 Å². The van der Waals surface area contributed by atoms with E-state index in [0.717, 1.165) is 37.8 Å². The predicted octanol–water partition coefficient (Wildman–Crippen LogP) is 7.77. The molecule has 1 aliphatic rings. The van der Waals surface area contributed by atoms with E-state index in [2.05, 4.69) is 76.3 Å². The topological polar surface area (TPSA) is 24.4 Å². The number of para-hydroxylation sites is 1. The van der Waals surface area contributed by atoms with Crippen LogP contribution in [0, 0.1) is 20.8 Å². The number of hydrogen-bond acceptors (Lipinski definition) is 2. The summed E-state index contributed by atoms with van der Waals surface area (Å²) >= 11 is 0. The van der Waals surface area contributed by atoms with Crippen molar-refractivity contribution in [3.8, 4) is 0 Å². The number of hydrogen-bond donors (Lipinski definition) is 1. The first-order valence-corrected chi connectivity index (χ1v) is 11.3. The maximum Gasteiger partial charge on any atom is 0.0691 e. The van der Waals surface area contributed by atoms with Crippen molar-refractivity contribution in [3.05, 3.63) is 69.9 Å². The second kappa shape index (κ2) is 9.91. The third-order valence-electron chi connectivity index (χ3n) is 5.67. The van der Waals surface area contributed by atoms with Gasteiger partial charge in [-0.3, -0.25) is 4.99 Å². The highest BCUT2D eigenvalue weighted by Crippen LogP contribution is 2.30. The van der Waals surface area contributed by atoms with Crippen molar-refractivity contribution in [1.29, 1.82) is 0 Å². The largest absolute Gasteiger partial charge is 0.358 e. The first kappa shape index (κ1) is 21.4. The summed E-state index contributed by atoms with van der Waals surface area (Å²) in [6.45, 7) is 11.0. The van der Waals surface area contributed by atoms with Crippen LogP contribution in [-0.2, 0) is 12.8 Å². The van der Waals surface area contributed by atoms with Gasteiger partial charge < -0.3 is 5.32 Å². The Hall–Kier alpha value is -2.35. The standard InChI is InChI=1S/C27H36N2/c1-6-10-22-12-8-13-23(11-7-2)27(22)29-25-15-9-14-24(18-25)28-26-20(4)16-19(3)17-21(26)5/h8,12-13,16-18,29H,6-7,9-11,14-15H2,1-5H3. The minimum atomic E-state index is 1.05. The molecule has 2 nitrogen and oxygen atoms in total. The van der Waals surface area contributed by atoms with Crippen LogP contribution in [0.5, 0.6) is 0 Å². The summed E-state index contributed by atoms with van der Waals surface area (Å²) in [5.41, 5.74) is 11.7. The summed E-state index contributed by atoms with van der Waals surface area (Å²) < 4.78 is 0. The van der Waals surface area contributed by atoms with Crippen LogP contribution in [0.4, 0.5) is 11.4 Å². The number of rotatable bonds is 7. The Labute approximate surface area is 177 Å². The first-order valence-electron chi connectivity index (χ1n) is 11.3. The van der Waals surface area contributed by atoms with E-state index in [1.165, 1.54) is 57.8 Å². The van der Waals surface area contributed by atoms with Crippen molar-refractivity contribution in [2.24, 2.45) is 4.99 Å². The number of aryl methyl sites for hydroxylation is 5. The third-order valence-corrected chi connectivity index (χ3v) is 5.67. The van der Waals surface area contributed by atoms with Gasteiger partial charge in [0.1, 0.15) is 0 Å². The second-order valence-electron chi connectivity index (χ2n) is 8.45. The summed E-state index contributed by atoms with van der Waals surface area (Å²) in [7, 11) is 0. The van der Waals surface area contributed by atoms with E-state index in [4.69, 9.17) is 4.99 Å². The summed E-state index contributed by atoms with van der Waals surface area (Å²) in [4.78, 5) is 5.07. The molecule has 0 aromatic heterocycles. The Bertz CT molecular complexity index is 871. The quantitative estimate of drug-likeness (QED) is 0.514. The highest BCUT2D eigenvalue weighted by molar-refractivity contribution is 5.98. The molecule has 0 unspecified atom stereocenters. The number of aliphatic imine (C=N–C) groups is 1. The molecular formula is C27H36N2. The molecule has 0 aliphatic heterocycles. The van der Waals surface area contributed by atoms with Crippen LogP contribution in [0.25, 0.3) is 0 Å². The summed E-state index contributed by atoms with van der Waals surface area (Å²) in [5, 5.41) is 3.82. The van der Waals surface area contributed by atoms with Crippen LogP contribution in [0.2, 0.25) is 0 Å². The van der Waals surface area contributed by atoms with E-state index in [9.17, 15) is 0 Å². The maximum atomic E-state index is 5.07. The average molecular weight is 389 g/mol. The maximum absolute atomic E-state index is 5.07. The van der Waals surface area contributed by atoms with E-state index < -0.39 is 0 Å². The Balaban J connectivity index is 1.92. The van der Waals surface area contributed by atoms with Gasteiger partial charge in [0.25, 0.3) is 0 Å². The van der Waals surface area contributed by atoms with E-state index in [0.29, 0.717) is 0 Å². The fourth-order valence-electron chi connectivity index (χ4n) is 4.41. The molecule has 154 valence electrons. The Morgan fingerprint density at radius 3 is 2.10 bits per heavy atom. The third kappa shape index (κ3) is 5.38. The van der Waals surface area contributed by atoms with Gasteiger partial charge in [-0.15, -0.1) is 0 Å². The SMILES string of the molecule is CCCc1cccc(CCC)c1NC1=CC(=Nc2c(C)cc(C)cc2C)CCC1. The van der Waals surface area contributed by atoms with Crippen molar-refractivity contribution in [1.82, 2.24) is 0 Å². The molecule has 29 heavy (non-hydrogen) atoms. The molecule has 2 aromatic carbocycles. The summed E-state index contributed by atoms with van der Waals surface area (Å²) in [6, 6.07) is 11.2. The van der Waals surface area contributed by atoms with E-state index in [1.807, 2.05) is 0 Å². The molecule has 0 atom stereocenters. The molecule has 1 aliphatic carbocycles. The molecule has 0 saturated carbocycles. The van der Waals surface area contributed by atoms with Gasteiger partial charge in [-0.05, 0) is 81.2 Å². The van der Waals surface area contributed by atoms with Crippen molar-refractivity contribution in [2.45, 2.75) is 79.6 Å². The van der Waals surface area contributed by atoms with Crippen LogP contribution in [0.3, 0.4) is 0 Å². The second-order valence-corrected chi connectivity index (χ2v) is 8.45. The average Bonchev–Trinajstić information content (AvgIpc) is 2.68. The fraction of sp³-hybridized carbons (Fsp3) is 0.444. The monoisotopic (exact) mass is 388 g/mol. The zero-order chi connectivity index (χ0) is 20.8. The molecule has 0 saturated heterocycles. The number of nitrogens with one attached hydrogen (secondary N) is 1. The van der Waals surface area contributed by atoms with Gasteiger partial charge >= 0.3 is 0 Å². The van der Waals surface area contributed by atoms with Crippen molar-refractivity contribution in [3.63, 3.8) is 0 Å². The highest BCUT2D eigenvalue weighted by Gasteiger charge is 2.14. The lowest BCUT2D eigenvalue weighted by molar-refractivity contribution is 0.834. The van der Waals surface area contributed by atoms with Gasteiger partial charge in [0, 0.05) is 17.1 Å². The normalized spacial score (nSPS) is 15.5. The zero-order valence-electron chi connectivity index (χ0n) is 18.9. The van der Waals surface area contributed by atoms with Gasteiger partial charge in [-0.25, -0.2) is 0 Å². The van der Waals surface area contributed by atoms with Gasteiger partial charge in [0.2, 0.25) is 0 Å². The summed E-state index contributed by atoms with van der Waals surface area (Å²) in [6.07, 6.45) is 10.2. The van der Waals surface area contributed by atoms with Gasteiger partial charge in [-0.2, -0.15) is 0 Å². The Kier molecular flexibility index (Phi) is 7.30. The fourth-order valence-corrected chi connectivity index (χ4v) is 4.41. The molecule has 0 fully saturated rings. The number of allylic oxidation sites excluding steroid dienone is 2. The molecular weight excluding hydrogens is 352 g/mol. The predicted molar refractivity (Wildman–Crippen MR) is 128 cm³/mol. The lowest BCUT2D eigenvalue weighted by Crippen LogP contribution is -2.12. The van der Waals surface area contributed by atoms with E-state index in [1.54, 1.807) is 0 Å². The van der Waals surface area contributed by atoms with E-state index in [-0.39, 0.29) is 0 Å². The van der Waals surface area contributed by atoms with E-state index >= 15 is 0 Å². The van der Waals surface area contributed by atoms with Gasteiger partial charge in [-0.1, -0.05) is 62.6 Å². The molecule has 0 spiro atoms. The minimum Gasteiger partial charge on any atom is -0.358 e. The number of anilines is 1. The van der Waals surface area contributed by atoms with Crippen LogP contribution in [0.1, 0.15) is 73.8 Å².